The molecule has 0 bridgehead atoms. The maximum absolute atomic E-state index is 10.9. The van der Waals surface area contributed by atoms with Gasteiger partial charge in [-0.2, -0.15) is 5.26 Å². The van der Waals surface area contributed by atoms with Gasteiger partial charge in [-0.25, -0.2) is 0 Å². The molecule has 1 aliphatic rings. The molecule has 1 atom stereocenters. The third-order valence-electron chi connectivity index (χ3n) is 2.13. The van der Waals surface area contributed by atoms with Crippen LogP contribution in [0, 0.1) is 11.3 Å². The monoisotopic (exact) mass is 184 g/mol. The SMILES string of the molecule is N#CCCNC1(C(=O)O)CCOC1. The average molecular weight is 184 g/mol. The van der Waals surface area contributed by atoms with Crippen LogP contribution in [0.1, 0.15) is 12.8 Å². The summed E-state index contributed by atoms with van der Waals surface area (Å²) >= 11 is 0. The molecule has 0 saturated carbocycles. The zero-order chi connectivity index (χ0) is 9.73. The summed E-state index contributed by atoms with van der Waals surface area (Å²) in [7, 11) is 0. The summed E-state index contributed by atoms with van der Waals surface area (Å²) in [6, 6.07) is 1.95. The fraction of sp³-hybridized carbons (Fsp3) is 0.750. The predicted octanol–water partition coefficient (Wildman–Crippen LogP) is -0.267. The minimum absolute atomic E-state index is 0.188. The van der Waals surface area contributed by atoms with Crippen LogP contribution in [-0.2, 0) is 9.53 Å². The molecule has 1 aliphatic heterocycles. The summed E-state index contributed by atoms with van der Waals surface area (Å²) < 4.78 is 5.03. The van der Waals surface area contributed by atoms with Crippen LogP contribution in [0.15, 0.2) is 0 Å². The summed E-state index contributed by atoms with van der Waals surface area (Å²) in [6.07, 6.45) is 0.781. The Balaban J connectivity index is 2.48. The fourth-order valence-corrected chi connectivity index (χ4v) is 1.31. The third-order valence-corrected chi connectivity index (χ3v) is 2.13. The van der Waals surface area contributed by atoms with Crippen molar-refractivity contribution in [3.05, 3.63) is 0 Å². The van der Waals surface area contributed by atoms with Crippen molar-refractivity contribution in [3.8, 4) is 6.07 Å². The van der Waals surface area contributed by atoms with Gasteiger partial charge in [-0.3, -0.25) is 10.1 Å². The topological polar surface area (TPSA) is 82.4 Å². The van der Waals surface area contributed by atoms with E-state index in [0.29, 0.717) is 26.0 Å². The molecule has 0 aromatic carbocycles. The second-order valence-corrected chi connectivity index (χ2v) is 3.02. The highest BCUT2D eigenvalue weighted by Crippen LogP contribution is 2.18. The Morgan fingerprint density at radius 1 is 1.77 bits per heavy atom. The van der Waals surface area contributed by atoms with E-state index in [1.807, 2.05) is 6.07 Å². The third kappa shape index (κ3) is 2.17. The molecule has 2 N–H and O–H groups in total. The zero-order valence-electron chi connectivity index (χ0n) is 7.25. The zero-order valence-corrected chi connectivity index (χ0v) is 7.25. The maximum Gasteiger partial charge on any atom is 0.326 e. The van der Waals surface area contributed by atoms with Crippen molar-refractivity contribution < 1.29 is 14.6 Å². The van der Waals surface area contributed by atoms with Crippen LogP contribution in [0.25, 0.3) is 0 Å². The normalized spacial score (nSPS) is 27.0. The standard InChI is InChI=1S/C8H12N2O3/c9-3-1-4-10-8(7(11)12)2-5-13-6-8/h10H,1-2,4-6H2,(H,11,12). The van der Waals surface area contributed by atoms with E-state index in [9.17, 15) is 4.79 Å². The molecular formula is C8H12N2O3. The van der Waals surface area contributed by atoms with Crippen molar-refractivity contribution in [3.63, 3.8) is 0 Å². The molecule has 0 aromatic rings. The van der Waals surface area contributed by atoms with Crippen molar-refractivity contribution in [1.29, 1.82) is 5.26 Å². The highest BCUT2D eigenvalue weighted by Gasteiger charge is 2.41. The Morgan fingerprint density at radius 3 is 3.00 bits per heavy atom. The van der Waals surface area contributed by atoms with E-state index < -0.39 is 11.5 Å². The average Bonchev–Trinajstić information content (AvgIpc) is 2.55. The molecule has 0 spiro atoms. The second-order valence-electron chi connectivity index (χ2n) is 3.02. The highest BCUT2D eigenvalue weighted by atomic mass is 16.5. The van der Waals surface area contributed by atoms with Gasteiger partial charge in [0, 0.05) is 26.0 Å². The Morgan fingerprint density at radius 2 is 2.54 bits per heavy atom. The number of aliphatic carboxylic acids is 1. The Hall–Kier alpha value is -1.12. The van der Waals surface area contributed by atoms with E-state index in [4.69, 9.17) is 15.1 Å². The summed E-state index contributed by atoms with van der Waals surface area (Å²) in [5.41, 5.74) is -0.961. The molecule has 0 amide bonds. The Kier molecular flexibility index (Phi) is 3.23. The number of hydrogen-bond donors (Lipinski definition) is 2. The largest absolute Gasteiger partial charge is 0.480 e. The number of carbonyl (C=O) groups is 1. The number of nitrogens with one attached hydrogen (secondary N) is 1. The van der Waals surface area contributed by atoms with Crippen LogP contribution in [-0.4, -0.2) is 36.4 Å². The number of carboxylic acid groups (broad SMARTS) is 1. The van der Waals surface area contributed by atoms with Gasteiger partial charge in [-0.15, -0.1) is 0 Å². The minimum atomic E-state index is -0.961. The number of ether oxygens (including phenoxy) is 1. The first-order valence-electron chi connectivity index (χ1n) is 4.14. The summed E-state index contributed by atoms with van der Waals surface area (Å²) in [5.74, 6) is -0.900. The van der Waals surface area contributed by atoms with Gasteiger partial charge in [0.2, 0.25) is 0 Å². The van der Waals surface area contributed by atoms with Crippen LogP contribution >= 0.6 is 0 Å². The van der Waals surface area contributed by atoms with Crippen molar-refractivity contribution in [2.75, 3.05) is 19.8 Å². The fourth-order valence-electron chi connectivity index (χ4n) is 1.31. The van der Waals surface area contributed by atoms with Gasteiger partial charge in [0.05, 0.1) is 12.7 Å². The minimum Gasteiger partial charge on any atom is -0.480 e. The van der Waals surface area contributed by atoms with Crippen molar-refractivity contribution in [2.24, 2.45) is 0 Å². The van der Waals surface area contributed by atoms with Crippen molar-refractivity contribution in [1.82, 2.24) is 5.32 Å². The Bertz CT molecular complexity index is 228. The predicted molar refractivity (Wildman–Crippen MR) is 44.0 cm³/mol. The van der Waals surface area contributed by atoms with Gasteiger partial charge in [-0.05, 0) is 0 Å². The van der Waals surface area contributed by atoms with Crippen LogP contribution < -0.4 is 5.32 Å². The summed E-state index contributed by atoms with van der Waals surface area (Å²) in [4.78, 5) is 10.9. The number of nitrogens with zero attached hydrogens (tertiary/aromatic N) is 1. The second kappa shape index (κ2) is 4.21. The molecule has 1 fully saturated rings. The first-order valence-corrected chi connectivity index (χ1v) is 4.14. The van der Waals surface area contributed by atoms with E-state index in [1.54, 1.807) is 0 Å². The molecular weight excluding hydrogens is 172 g/mol. The van der Waals surface area contributed by atoms with Gasteiger partial charge in [0.25, 0.3) is 0 Å². The molecule has 1 heterocycles. The lowest BCUT2D eigenvalue weighted by Gasteiger charge is -2.22. The van der Waals surface area contributed by atoms with Crippen molar-refractivity contribution >= 4 is 5.97 Å². The molecule has 5 heteroatoms. The molecule has 5 nitrogen and oxygen atoms in total. The van der Waals surface area contributed by atoms with Gasteiger partial charge >= 0.3 is 5.97 Å². The van der Waals surface area contributed by atoms with Gasteiger partial charge in [-0.1, -0.05) is 0 Å². The van der Waals surface area contributed by atoms with E-state index in [-0.39, 0.29) is 6.61 Å². The number of nitriles is 1. The molecule has 0 aromatic heterocycles. The molecule has 72 valence electrons. The van der Waals surface area contributed by atoms with E-state index in [1.165, 1.54) is 0 Å². The van der Waals surface area contributed by atoms with E-state index in [2.05, 4.69) is 5.32 Å². The number of rotatable bonds is 4. The summed E-state index contributed by atoms with van der Waals surface area (Å²) in [6.45, 7) is 1.05. The smallest absolute Gasteiger partial charge is 0.326 e. The van der Waals surface area contributed by atoms with Crippen LogP contribution in [0.5, 0.6) is 0 Å². The number of hydrogen-bond acceptors (Lipinski definition) is 4. The van der Waals surface area contributed by atoms with Crippen LogP contribution in [0.3, 0.4) is 0 Å². The van der Waals surface area contributed by atoms with E-state index >= 15 is 0 Å². The lowest BCUT2D eigenvalue weighted by molar-refractivity contribution is -0.144. The van der Waals surface area contributed by atoms with Gasteiger partial charge < -0.3 is 9.84 Å². The lowest BCUT2D eigenvalue weighted by Crippen LogP contribution is -2.53. The molecule has 1 saturated heterocycles. The van der Waals surface area contributed by atoms with Crippen LogP contribution in [0.4, 0.5) is 0 Å². The molecule has 0 aliphatic carbocycles. The summed E-state index contributed by atoms with van der Waals surface area (Å²) in [5, 5.41) is 20.1. The highest BCUT2D eigenvalue weighted by molar-refractivity contribution is 5.79. The molecule has 13 heavy (non-hydrogen) atoms. The van der Waals surface area contributed by atoms with E-state index in [0.717, 1.165) is 0 Å². The quantitative estimate of drug-likeness (QED) is 0.588. The first-order chi connectivity index (χ1) is 6.21. The number of carboxylic acids is 1. The molecule has 1 unspecified atom stereocenters. The van der Waals surface area contributed by atoms with Crippen LogP contribution in [0.2, 0.25) is 0 Å². The Labute approximate surface area is 76.3 Å². The molecule has 1 rings (SSSR count). The van der Waals surface area contributed by atoms with Gasteiger partial charge in [0.1, 0.15) is 5.54 Å². The first kappa shape index (κ1) is 9.96. The maximum atomic E-state index is 10.9. The van der Waals surface area contributed by atoms with Crippen molar-refractivity contribution in [2.45, 2.75) is 18.4 Å². The lowest BCUT2D eigenvalue weighted by atomic mass is 9.99. The van der Waals surface area contributed by atoms with Gasteiger partial charge in [0.15, 0.2) is 0 Å². The molecule has 0 radical (unpaired) electrons.